The molecule has 0 unspecified atom stereocenters. The molecule has 2 heterocycles. The highest BCUT2D eigenvalue weighted by molar-refractivity contribution is 7.99. The molecule has 0 saturated heterocycles. The second-order valence-electron chi connectivity index (χ2n) is 5.71. The SMILES string of the molecule is COc1ccc(NC(=O)CSc2nnc(-c3cc4ccccc4[nH]3)o2)cc1. The van der Waals surface area contributed by atoms with Gasteiger partial charge in [0, 0.05) is 16.6 Å². The van der Waals surface area contributed by atoms with Crippen LogP contribution >= 0.6 is 11.8 Å². The topological polar surface area (TPSA) is 93.0 Å². The Morgan fingerprint density at radius 1 is 1.19 bits per heavy atom. The van der Waals surface area contributed by atoms with Gasteiger partial charge in [0.2, 0.25) is 5.91 Å². The minimum atomic E-state index is -0.157. The number of rotatable bonds is 6. The number of nitrogens with zero attached hydrogens (tertiary/aromatic N) is 2. The molecule has 0 aliphatic rings. The van der Waals surface area contributed by atoms with E-state index in [-0.39, 0.29) is 11.7 Å². The first-order valence-electron chi connectivity index (χ1n) is 8.19. The number of fused-ring (bicyclic) bond motifs is 1. The monoisotopic (exact) mass is 380 g/mol. The summed E-state index contributed by atoms with van der Waals surface area (Å²) in [7, 11) is 1.60. The van der Waals surface area contributed by atoms with Crippen molar-refractivity contribution in [3.63, 3.8) is 0 Å². The number of methoxy groups -OCH3 is 1. The van der Waals surface area contributed by atoms with Crippen LogP contribution in [-0.4, -0.2) is 34.0 Å². The standard InChI is InChI=1S/C19H16N4O3S/c1-25-14-8-6-13(7-9-14)20-17(24)11-27-19-23-22-18(26-19)16-10-12-4-2-3-5-15(12)21-16/h2-10,21H,11H2,1H3,(H,20,24). The Hall–Kier alpha value is -3.26. The molecule has 136 valence electrons. The molecule has 0 radical (unpaired) electrons. The summed E-state index contributed by atoms with van der Waals surface area (Å²) in [5, 5.41) is 12.3. The van der Waals surface area contributed by atoms with Crippen molar-refractivity contribution in [2.24, 2.45) is 0 Å². The Kier molecular flexibility index (Phi) is 4.80. The second kappa shape index (κ2) is 7.55. The summed E-state index contributed by atoms with van der Waals surface area (Å²) < 4.78 is 10.7. The number of benzene rings is 2. The minimum absolute atomic E-state index is 0.157. The van der Waals surface area contributed by atoms with Crippen molar-refractivity contribution in [3.8, 4) is 17.3 Å². The number of carbonyl (C=O) groups excluding carboxylic acids is 1. The summed E-state index contributed by atoms with van der Waals surface area (Å²) in [5.74, 6) is 1.14. The first-order valence-corrected chi connectivity index (χ1v) is 9.18. The van der Waals surface area contributed by atoms with Gasteiger partial charge in [0.1, 0.15) is 11.4 Å². The van der Waals surface area contributed by atoms with Crippen LogP contribution in [0.3, 0.4) is 0 Å². The third-order valence-electron chi connectivity index (χ3n) is 3.87. The van der Waals surface area contributed by atoms with Crippen LogP contribution in [0, 0.1) is 0 Å². The molecule has 0 aliphatic carbocycles. The molecule has 4 aromatic rings. The summed E-state index contributed by atoms with van der Waals surface area (Å²) in [5.41, 5.74) is 2.45. The van der Waals surface area contributed by atoms with Crippen molar-refractivity contribution in [2.45, 2.75) is 5.22 Å². The van der Waals surface area contributed by atoms with Crippen LogP contribution in [0.4, 0.5) is 5.69 Å². The predicted octanol–water partition coefficient (Wildman–Crippen LogP) is 3.96. The van der Waals surface area contributed by atoms with Crippen molar-refractivity contribution in [1.29, 1.82) is 0 Å². The van der Waals surface area contributed by atoms with Crippen molar-refractivity contribution >= 4 is 34.3 Å². The molecule has 2 aromatic heterocycles. The van der Waals surface area contributed by atoms with Gasteiger partial charge in [-0.3, -0.25) is 4.79 Å². The van der Waals surface area contributed by atoms with E-state index in [1.54, 1.807) is 31.4 Å². The molecule has 4 rings (SSSR count). The van der Waals surface area contributed by atoms with Gasteiger partial charge in [0.05, 0.1) is 12.9 Å². The Morgan fingerprint density at radius 3 is 2.78 bits per heavy atom. The normalized spacial score (nSPS) is 10.9. The maximum absolute atomic E-state index is 12.1. The molecule has 0 atom stereocenters. The van der Waals surface area contributed by atoms with E-state index in [4.69, 9.17) is 9.15 Å². The van der Waals surface area contributed by atoms with Crippen molar-refractivity contribution in [1.82, 2.24) is 15.2 Å². The molecular formula is C19H16N4O3S. The number of ether oxygens (including phenoxy) is 1. The quantitative estimate of drug-likeness (QED) is 0.492. The molecule has 0 saturated carbocycles. The zero-order valence-corrected chi connectivity index (χ0v) is 15.2. The average Bonchev–Trinajstić information content (AvgIpc) is 3.33. The van der Waals surface area contributed by atoms with Crippen LogP contribution in [0.25, 0.3) is 22.5 Å². The Labute approximate surface area is 159 Å². The zero-order valence-electron chi connectivity index (χ0n) is 14.4. The number of hydrogen-bond acceptors (Lipinski definition) is 6. The number of thioether (sulfide) groups is 1. The fourth-order valence-corrected chi connectivity index (χ4v) is 3.13. The first kappa shape index (κ1) is 17.2. The van der Waals surface area contributed by atoms with Gasteiger partial charge in [-0.2, -0.15) is 0 Å². The first-order chi connectivity index (χ1) is 13.2. The summed E-state index contributed by atoms with van der Waals surface area (Å²) in [6.45, 7) is 0. The molecule has 0 aliphatic heterocycles. The van der Waals surface area contributed by atoms with Gasteiger partial charge in [-0.05, 0) is 36.4 Å². The highest BCUT2D eigenvalue weighted by Crippen LogP contribution is 2.26. The van der Waals surface area contributed by atoms with Gasteiger partial charge in [0.15, 0.2) is 0 Å². The summed E-state index contributed by atoms with van der Waals surface area (Å²) >= 11 is 1.19. The van der Waals surface area contributed by atoms with Gasteiger partial charge in [-0.25, -0.2) is 0 Å². The van der Waals surface area contributed by atoms with E-state index in [1.807, 2.05) is 30.3 Å². The minimum Gasteiger partial charge on any atom is -0.497 e. The zero-order chi connectivity index (χ0) is 18.6. The van der Waals surface area contributed by atoms with Gasteiger partial charge in [0.25, 0.3) is 11.1 Å². The number of anilines is 1. The predicted molar refractivity (Wildman–Crippen MR) is 104 cm³/mol. The number of H-pyrrole nitrogens is 1. The van der Waals surface area contributed by atoms with Crippen LogP contribution in [0.5, 0.6) is 5.75 Å². The summed E-state index contributed by atoms with van der Waals surface area (Å²) in [4.78, 5) is 15.3. The van der Waals surface area contributed by atoms with Gasteiger partial charge >= 0.3 is 0 Å². The number of carbonyl (C=O) groups is 1. The number of para-hydroxylation sites is 1. The smallest absolute Gasteiger partial charge is 0.277 e. The van der Waals surface area contributed by atoms with E-state index < -0.39 is 0 Å². The van der Waals surface area contributed by atoms with Crippen LogP contribution in [0.1, 0.15) is 0 Å². The molecular weight excluding hydrogens is 364 g/mol. The molecule has 2 aromatic carbocycles. The lowest BCUT2D eigenvalue weighted by Crippen LogP contribution is -2.13. The molecule has 7 nitrogen and oxygen atoms in total. The highest BCUT2D eigenvalue weighted by atomic mass is 32.2. The van der Waals surface area contributed by atoms with Crippen LogP contribution in [-0.2, 0) is 4.79 Å². The van der Waals surface area contributed by atoms with E-state index in [0.717, 1.165) is 22.3 Å². The molecule has 1 amide bonds. The van der Waals surface area contributed by atoms with E-state index in [0.29, 0.717) is 16.8 Å². The lowest BCUT2D eigenvalue weighted by molar-refractivity contribution is -0.113. The lowest BCUT2D eigenvalue weighted by Gasteiger charge is -2.05. The van der Waals surface area contributed by atoms with E-state index in [9.17, 15) is 4.79 Å². The number of aromatic amines is 1. The van der Waals surface area contributed by atoms with E-state index in [2.05, 4.69) is 20.5 Å². The summed E-state index contributed by atoms with van der Waals surface area (Å²) in [6.07, 6.45) is 0. The van der Waals surface area contributed by atoms with Crippen molar-refractivity contribution < 1.29 is 13.9 Å². The third kappa shape index (κ3) is 3.95. The molecule has 0 bridgehead atoms. The maximum atomic E-state index is 12.1. The molecule has 27 heavy (non-hydrogen) atoms. The fraction of sp³-hybridized carbons (Fsp3) is 0.105. The molecule has 8 heteroatoms. The van der Waals surface area contributed by atoms with Gasteiger partial charge in [-0.15, -0.1) is 10.2 Å². The largest absolute Gasteiger partial charge is 0.497 e. The number of aromatic nitrogens is 3. The van der Waals surface area contributed by atoms with Crippen LogP contribution in [0.2, 0.25) is 0 Å². The summed E-state index contributed by atoms with van der Waals surface area (Å²) in [6, 6.07) is 17.0. The number of nitrogens with one attached hydrogen (secondary N) is 2. The Bertz CT molecular complexity index is 1040. The molecule has 0 spiro atoms. The van der Waals surface area contributed by atoms with Crippen molar-refractivity contribution in [2.75, 3.05) is 18.2 Å². The number of hydrogen-bond donors (Lipinski definition) is 2. The highest BCUT2D eigenvalue weighted by Gasteiger charge is 2.13. The molecule has 2 N–H and O–H groups in total. The lowest BCUT2D eigenvalue weighted by atomic mass is 10.2. The van der Waals surface area contributed by atoms with E-state index >= 15 is 0 Å². The van der Waals surface area contributed by atoms with Gasteiger partial charge in [-0.1, -0.05) is 30.0 Å². The number of amides is 1. The van der Waals surface area contributed by atoms with E-state index in [1.165, 1.54) is 11.8 Å². The second-order valence-corrected chi connectivity index (χ2v) is 6.64. The fourth-order valence-electron chi connectivity index (χ4n) is 2.56. The average molecular weight is 380 g/mol. The van der Waals surface area contributed by atoms with Crippen LogP contribution < -0.4 is 10.1 Å². The maximum Gasteiger partial charge on any atom is 0.277 e. The third-order valence-corrected chi connectivity index (χ3v) is 4.69. The van der Waals surface area contributed by atoms with Gasteiger partial charge < -0.3 is 19.5 Å². The Morgan fingerprint density at radius 2 is 2.00 bits per heavy atom. The molecule has 0 fully saturated rings. The van der Waals surface area contributed by atoms with Crippen LogP contribution in [0.15, 0.2) is 64.2 Å². The van der Waals surface area contributed by atoms with Crippen molar-refractivity contribution in [3.05, 3.63) is 54.6 Å². The Balaban J connectivity index is 1.36.